The highest BCUT2D eigenvalue weighted by atomic mass is 79.9. The number of rotatable bonds is 11. The van der Waals surface area contributed by atoms with Crippen LogP contribution in [0.25, 0.3) is 89.0 Å². The maximum Gasteiger partial charge on any atom is 0.206 e. The van der Waals surface area contributed by atoms with E-state index in [1.807, 2.05) is 0 Å². The van der Waals surface area contributed by atoms with Gasteiger partial charge < -0.3 is 0 Å². The highest BCUT2D eigenvalue weighted by molar-refractivity contribution is 9.11. The Kier molecular flexibility index (Phi) is 13.2. The summed E-state index contributed by atoms with van der Waals surface area (Å²) in [4.78, 5) is 0. The van der Waals surface area contributed by atoms with Gasteiger partial charge in [-0.1, -0.05) is 173 Å². The minimum absolute atomic E-state index is 0.816. The third kappa shape index (κ3) is 9.75. The summed E-state index contributed by atoms with van der Waals surface area (Å²) in [6, 6.07) is 74.4. The fourth-order valence-corrected chi connectivity index (χ4v) is 9.76. The maximum atomic E-state index is 3.67. The Morgan fingerprint density at radius 1 is 0.242 bits per heavy atom. The molecule has 10 aromatic rings. The summed E-state index contributed by atoms with van der Waals surface area (Å²) in [6.07, 6.45) is 8.87. The van der Waals surface area contributed by atoms with Crippen LogP contribution in [0.5, 0.6) is 0 Å². The highest BCUT2D eigenvalue weighted by Crippen LogP contribution is 2.45. The molecule has 0 aliphatic carbocycles. The van der Waals surface area contributed by atoms with Crippen molar-refractivity contribution >= 4 is 63.7 Å². The van der Waals surface area contributed by atoms with Gasteiger partial charge in [0.1, 0.15) is 0 Å². The van der Waals surface area contributed by atoms with Gasteiger partial charge in [0.25, 0.3) is 0 Å². The Bertz CT molecular complexity index is 2900. The van der Waals surface area contributed by atoms with Crippen molar-refractivity contribution in [2.24, 2.45) is 0 Å². The molecule has 2 aromatic heterocycles. The molecule has 0 spiro atoms. The average Bonchev–Trinajstić information content (AvgIpc) is 3.37. The second-order valence-corrected chi connectivity index (χ2v) is 20.0. The molecule has 0 N–H and O–H groups in total. The predicted molar refractivity (Wildman–Crippen MR) is 288 cm³/mol. The van der Waals surface area contributed by atoms with Crippen LogP contribution in [0.1, 0.15) is 0 Å². The molecule has 318 valence electrons. The second-order valence-electron chi connectivity index (χ2n) is 16.3. The number of hydrogen-bond donors (Lipinski definition) is 0. The smallest absolute Gasteiger partial charge is 0.198 e. The van der Waals surface area contributed by atoms with Crippen LogP contribution in [0.15, 0.2) is 249 Å². The molecule has 0 bridgehead atoms. The molecule has 6 heteroatoms. The van der Waals surface area contributed by atoms with E-state index in [1.54, 1.807) is 0 Å². The van der Waals surface area contributed by atoms with Gasteiger partial charge in [0.05, 0.1) is 0 Å². The van der Waals surface area contributed by atoms with Crippen LogP contribution >= 0.6 is 63.7 Å². The minimum atomic E-state index is 0.816. The van der Waals surface area contributed by atoms with Crippen LogP contribution < -0.4 is 9.13 Å². The number of pyridine rings is 2. The Morgan fingerprint density at radius 3 is 0.758 bits per heavy atom. The zero-order valence-electron chi connectivity index (χ0n) is 35.8. The molecule has 0 aliphatic heterocycles. The fourth-order valence-electron chi connectivity index (χ4n) is 8.71. The number of halogens is 4. The van der Waals surface area contributed by atoms with Crippen molar-refractivity contribution in [1.82, 2.24) is 0 Å². The van der Waals surface area contributed by atoms with Crippen molar-refractivity contribution in [3.63, 3.8) is 0 Å². The number of benzene rings is 8. The summed E-state index contributed by atoms with van der Waals surface area (Å²) >= 11 is 14.7. The second kappa shape index (κ2) is 19.8. The molecule has 66 heavy (non-hydrogen) atoms. The van der Waals surface area contributed by atoms with Gasteiger partial charge in [-0.2, -0.15) is 9.13 Å². The van der Waals surface area contributed by atoms with Crippen molar-refractivity contribution in [3.8, 4) is 89.0 Å². The molecule has 2 nitrogen and oxygen atoms in total. The lowest BCUT2D eigenvalue weighted by Crippen LogP contribution is -2.43. The van der Waals surface area contributed by atoms with Crippen molar-refractivity contribution < 1.29 is 9.13 Å². The van der Waals surface area contributed by atoms with Crippen molar-refractivity contribution in [3.05, 3.63) is 249 Å². The van der Waals surface area contributed by atoms with Gasteiger partial charge in [-0.15, -0.1) is 0 Å². The van der Waals surface area contributed by atoms with E-state index in [1.165, 1.54) is 89.0 Å². The number of aryl methyl sites for hydroxylation is 2. The van der Waals surface area contributed by atoms with Gasteiger partial charge in [-0.25, -0.2) is 0 Å². The highest BCUT2D eigenvalue weighted by Gasteiger charge is 2.21. The van der Waals surface area contributed by atoms with E-state index in [0.29, 0.717) is 0 Å². The summed E-state index contributed by atoms with van der Waals surface area (Å²) in [5.74, 6) is 0. The first kappa shape index (κ1) is 43.9. The van der Waals surface area contributed by atoms with Crippen LogP contribution in [0.4, 0.5) is 0 Å². The van der Waals surface area contributed by atoms with E-state index in [9.17, 15) is 0 Å². The molecule has 0 unspecified atom stereocenters. The molecule has 8 aromatic carbocycles. The first-order chi connectivity index (χ1) is 32.3. The summed E-state index contributed by atoms with van der Waals surface area (Å²) < 4.78 is 8.79. The molecule has 0 saturated heterocycles. The normalized spacial score (nSPS) is 11.2. The lowest BCUT2D eigenvalue weighted by atomic mass is 9.85. The summed E-state index contributed by atoms with van der Waals surface area (Å²) in [6.45, 7) is 1.63. The number of nitrogens with zero attached hydrogens (tertiary/aromatic N) is 2. The maximum absolute atomic E-state index is 3.67. The van der Waals surface area contributed by atoms with Crippen molar-refractivity contribution in [1.29, 1.82) is 0 Å². The lowest BCUT2D eigenvalue weighted by Gasteiger charge is -2.19. The van der Waals surface area contributed by atoms with E-state index in [0.717, 1.165) is 31.0 Å². The van der Waals surface area contributed by atoms with Crippen LogP contribution in [-0.4, -0.2) is 0 Å². The molecule has 2 heterocycles. The summed E-state index contributed by atoms with van der Waals surface area (Å²) in [5, 5.41) is 0. The Labute approximate surface area is 420 Å². The van der Waals surface area contributed by atoms with E-state index in [2.05, 4.69) is 304 Å². The van der Waals surface area contributed by atoms with Crippen LogP contribution in [0.3, 0.4) is 0 Å². The predicted octanol–water partition coefficient (Wildman–Crippen LogP) is 17.3. The van der Waals surface area contributed by atoms with Gasteiger partial charge in [-0.05, 0) is 162 Å². The van der Waals surface area contributed by atoms with Gasteiger partial charge in [0.15, 0.2) is 24.8 Å². The monoisotopic (exact) mass is 1110 g/mol. The van der Waals surface area contributed by atoms with Crippen LogP contribution in [-0.2, 0) is 13.1 Å². The molecule has 0 amide bonds. The van der Waals surface area contributed by atoms with Gasteiger partial charge in [0, 0.05) is 42.2 Å². The Hall–Kier alpha value is -6.02. The largest absolute Gasteiger partial charge is 0.206 e. The molecule has 0 saturated carbocycles. The lowest BCUT2D eigenvalue weighted by molar-refractivity contribution is -0.778. The molecule has 0 fully saturated rings. The van der Waals surface area contributed by atoms with E-state index in [4.69, 9.17) is 0 Å². The fraction of sp³-hybridized carbons (Fsp3) is 0.0333. The summed E-state index contributed by atoms with van der Waals surface area (Å²) in [7, 11) is 0. The standard InChI is InChI=1S/C60H42Br4N2/c61-51-19-11-43(12-20-51)55-37-49(41-7-3-1-4-8-41)38-56(44-13-21-52(62)22-14-44)59(55)47-27-31-65(32-28-47)35-36-66-33-29-48(30-34-66)60-57(45-15-23-53(63)24-16-45)39-50(42-9-5-2-6-10-42)40-58(60)46-17-25-54(64)26-18-46/h1-34,37-40H,35-36H2/q+2. The average molecular weight is 1110 g/mol. The minimum Gasteiger partial charge on any atom is -0.198 e. The van der Waals surface area contributed by atoms with Gasteiger partial charge in [0.2, 0.25) is 13.1 Å². The van der Waals surface area contributed by atoms with E-state index in [-0.39, 0.29) is 0 Å². The molecule has 0 atom stereocenters. The number of aromatic nitrogens is 2. The van der Waals surface area contributed by atoms with E-state index < -0.39 is 0 Å². The molecular formula is C60H42Br4N2+2. The van der Waals surface area contributed by atoms with Gasteiger partial charge >= 0.3 is 0 Å². The van der Waals surface area contributed by atoms with Crippen molar-refractivity contribution in [2.45, 2.75) is 13.1 Å². The topological polar surface area (TPSA) is 7.76 Å². The Balaban J connectivity index is 0.988. The Morgan fingerprint density at radius 2 is 0.500 bits per heavy atom. The van der Waals surface area contributed by atoms with Crippen LogP contribution in [0, 0.1) is 0 Å². The first-order valence-corrected chi connectivity index (χ1v) is 25.0. The number of hydrogen-bond acceptors (Lipinski definition) is 0. The van der Waals surface area contributed by atoms with Crippen LogP contribution in [0.2, 0.25) is 0 Å². The van der Waals surface area contributed by atoms with Crippen molar-refractivity contribution in [2.75, 3.05) is 0 Å². The third-order valence-electron chi connectivity index (χ3n) is 12.1. The molecule has 10 rings (SSSR count). The molecule has 0 radical (unpaired) electrons. The van der Waals surface area contributed by atoms with Gasteiger partial charge in [-0.3, -0.25) is 0 Å². The summed E-state index contributed by atoms with van der Waals surface area (Å²) in [5.41, 5.74) is 18.9. The zero-order chi connectivity index (χ0) is 45.0. The van der Waals surface area contributed by atoms with E-state index >= 15 is 0 Å². The third-order valence-corrected chi connectivity index (χ3v) is 14.2. The quantitative estimate of drug-likeness (QED) is 0.114. The zero-order valence-corrected chi connectivity index (χ0v) is 42.1. The first-order valence-electron chi connectivity index (χ1n) is 21.8. The molecular weight excluding hydrogens is 1070 g/mol. The molecule has 0 aliphatic rings. The SMILES string of the molecule is Brc1ccc(-c2cc(-c3ccccc3)cc(-c3ccc(Br)cc3)c2-c2cc[n+](CC[n+]3ccc(-c4c(-c5ccc(Br)cc5)cc(-c5ccccc5)cc4-c4ccc(Br)cc4)cc3)cc2)cc1.